The average Bonchev–Trinajstić information content (AvgIpc) is 3.32. The van der Waals surface area contributed by atoms with Crippen LogP contribution in [0.5, 0.6) is 5.75 Å². The van der Waals surface area contributed by atoms with Gasteiger partial charge in [0.25, 0.3) is 11.2 Å². The Labute approximate surface area is 283 Å². The molecule has 2 aromatic heterocycles. The maximum atomic E-state index is 13.1. The van der Waals surface area contributed by atoms with Crippen molar-refractivity contribution in [1.29, 1.82) is 0 Å². The minimum atomic E-state index is -5.79. The van der Waals surface area contributed by atoms with Gasteiger partial charge in [-0.05, 0) is 24.0 Å². The fraction of sp³-hybridized carbons (Fsp3) is 0.520. The summed E-state index contributed by atoms with van der Waals surface area (Å²) in [6.07, 6.45) is -1.87. The van der Waals surface area contributed by atoms with Gasteiger partial charge < -0.3 is 49.2 Å². The number of hydrogen-bond acceptors (Lipinski definition) is 15. The number of nitrogens with one attached hydrogen (secondary N) is 1. The highest BCUT2D eigenvalue weighted by Crippen LogP contribution is 2.66. The molecular formula is C25H38N5O17P3. The number of H-pyrrole nitrogens is 1. The van der Waals surface area contributed by atoms with Crippen LogP contribution in [0.4, 0.5) is 11.6 Å². The summed E-state index contributed by atoms with van der Waals surface area (Å²) in [5.41, 5.74) is 4.71. The zero-order chi connectivity index (χ0) is 37.8. The predicted molar refractivity (Wildman–Crippen MR) is 173 cm³/mol. The van der Waals surface area contributed by atoms with E-state index in [0.717, 1.165) is 0 Å². The Morgan fingerprint density at radius 2 is 1.78 bits per heavy atom. The lowest BCUT2D eigenvalue weighted by Crippen LogP contribution is -2.28. The smallest absolute Gasteiger partial charge is 0.490 e. The molecule has 280 valence electrons. The number of nitrogens with zero attached hydrogens (tertiary/aromatic N) is 3. The second kappa shape index (κ2) is 16.1. The van der Waals surface area contributed by atoms with E-state index in [0.29, 0.717) is 5.75 Å². The van der Waals surface area contributed by atoms with Crippen molar-refractivity contribution < 1.29 is 70.7 Å². The van der Waals surface area contributed by atoms with Gasteiger partial charge in [0.1, 0.15) is 18.1 Å². The van der Waals surface area contributed by atoms with Gasteiger partial charge in [-0.1, -0.05) is 27.7 Å². The summed E-state index contributed by atoms with van der Waals surface area (Å²) in [6.45, 7) is 4.95. The molecule has 0 aliphatic rings. The molecule has 2 heterocycles. The number of aliphatic hydroxyl groups is 1. The van der Waals surface area contributed by atoms with Crippen LogP contribution in [0.15, 0.2) is 29.2 Å². The molecule has 0 amide bonds. The summed E-state index contributed by atoms with van der Waals surface area (Å²) in [7, 11) is -15.5. The Hall–Kier alpha value is -3.07. The lowest BCUT2D eigenvalue weighted by atomic mass is 9.83. The molecular weight excluding hydrogens is 735 g/mol. The van der Waals surface area contributed by atoms with E-state index in [2.05, 4.69) is 23.1 Å². The van der Waals surface area contributed by atoms with E-state index in [1.807, 2.05) is 0 Å². The number of phosphoric acid groups is 3. The molecule has 0 bridgehead atoms. The number of nitrogens with two attached hydrogens (primary N) is 1. The first kappa shape index (κ1) is 41.4. The van der Waals surface area contributed by atoms with Crippen molar-refractivity contribution in [3.63, 3.8) is 0 Å². The number of anilines is 1. The quantitative estimate of drug-likeness (QED) is 0.0554. The minimum Gasteiger partial charge on any atom is -0.497 e. The van der Waals surface area contributed by atoms with Crippen LogP contribution in [0.3, 0.4) is 0 Å². The Kier molecular flexibility index (Phi) is 13.3. The number of ether oxygens (including phenoxy) is 3. The van der Waals surface area contributed by atoms with Gasteiger partial charge in [-0.15, -0.1) is 0 Å². The van der Waals surface area contributed by atoms with E-state index in [1.165, 1.54) is 36.1 Å². The SMILES string of the molecule is CC[C@@H](O[C@@H](CO)COP(=O)(O)OP(=O)(O)OP(=O)(O)O)n1cc(COC(c2cc(OC)ccc2[N+](=O)[O-])C(C)(C)C)c2c(=O)[nH]c(N)nc21. The van der Waals surface area contributed by atoms with Crippen LogP contribution >= 0.6 is 23.5 Å². The molecule has 0 radical (unpaired) electrons. The van der Waals surface area contributed by atoms with Crippen molar-refractivity contribution in [3.05, 3.63) is 56.0 Å². The van der Waals surface area contributed by atoms with Crippen LogP contribution in [0.25, 0.3) is 11.0 Å². The number of nitro groups is 1. The summed E-state index contributed by atoms with van der Waals surface area (Å²) in [5, 5.41) is 21.8. The van der Waals surface area contributed by atoms with Gasteiger partial charge in [0.15, 0.2) is 5.65 Å². The molecule has 0 saturated heterocycles. The summed E-state index contributed by atoms with van der Waals surface area (Å²) < 4.78 is 65.4. The van der Waals surface area contributed by atoms with Crippen molar-refractivity contribution in [2.45, 2.75) is 59.2 Å². The number of rotatable bonds is 18. The van der Waals surface area contributed by atoms with Gasteiger partial charge in [-0.2, -0.15) is 13.6 Å². The van der Waals surface area contributed by atoms with E-state index >= 15 is 0 Å². The molecule has 0 saturated carbocycles. The normalized spacial score (nSPS) is 16.8. The molecule has 25 heteroatoms. The highest BCUT2D eigenvalue weighted by molar-refractivity contribution is 7.66. The fourth-order valence-corrected chi connectivity index (χ4v) is 7.84. The van der Waals surface area contributed by atoms with Crippen LogP contribution in [0, 0.1) is 15.5 Å². The number of aromatic nitrogens is 3. The molecule has 22 nitrogen and oxygen atoms in total. The molecule has 0 fully saturated rings. The molecule has 5 atom stereocenters. The number of aromatic amines is 1. The number of nitro benzene ring substituents is 1. The summed E-state index contributed by atoms with van der Waals surface area (Å²) in [5.74, 6) is 0.0839. The lowest BCUT2D eigenvalue weighted by Gasteiger charge is -2.31. The van der Waals surface area contributed by atoms with Crippen LogP contribution in [-0.4, -0.2) is 70.6 Å². The van der Waals surface area contributed by atoms with E-state index in [9.17, 15) is 43.5 Å². The van der Waals surface area contributed by atoms with Gasteiger partial charge in [-0.25, -0.2) is 13.7 Å². The topological polar surface area (TPSA) is 328 Å². The highest BCUT2D eigenvalue weighted by atomic mass is 31.3. The number of fused-ring (bicyclic) bond motifs is 1. The molecule has 3 aromatic rings. The summed E-state index contributed by atoms with van der Waals surface area (Å²) in [4.78, 5) is 67.7. The van der Waals surface area contributed by atoms with Gasteiger partial charge in [0.05, 0.1) is 48.9 Å². The Morgan fingerprint density at radius 1 is 1.12 bits per heavy atom. The standard InChI is InChI=1S/C25H38N5O17P3/c1-6-19(45-16(11-31)13-44-49(38,39)47-50(40,41)46-48(35,36)37)29-10-14(20-22(29)27-24(26)28-23(20)32)12-43-21(25(2,3)4)17-9-15(42-5)7-8-18(17)30(33)34/h7-10,16,19,21,31H,6,11-13H2,1-5H3,(H,38,39)(H,40,41)(H2,35,36,37)(H3,26,27,28,32)/t16-,19+,21?/m0/s1. The number of benzene rings is 1. The zero-order valence-corrected chi connectivity index (χ0v) is 29.9. The molecule has 0 spiro atoms. The number of methoxy groups -OCH3 is 1. The van der Waals surface area contributed by atoms with E-state index < -0.39 is 71.0 Å². The number of hydrogen-bond donors (Lipinski definition) is 7. The fourth-order valence-electron chi connectivity index (χ4n) is 4.79. The van der Waals surface area contributed by atoms with Crippen molar-refractivity contribution >= 4 is 46.1 Å². The Bertz CT molecular complexity index is 1890. The molecule has 1 aromatic carbocycles. The van der Waals surface area contributed by atoms with E-state index in [1.54, 1.807) is 27.7 Å². The maximum absolute atomic E-state index is 13.1. The maximum Gasteiger partial charge on any atom is 0.490 e. The highest BCUT2D eigenvalue weighted by Gasteiger charge is 2.41. The monoisotopic (exact) mass is 773 g/mol. The first-order valence-electron chi connectivity index (χ1n) is 14.4. The van der Waals surface area contributed by atoms with Crippen LogP contribution in [0.1, 0.15) is 57.6 Å². The minimum absolute atomic E-state index is 0.000875. The second-order valence-corrected chi connectivity index (χ2v) is 16.1. The van der Waals surface area contributed by atoms with E-state index in [4.69, 9.17) is 29.7 Å². The first-order valence-corrected chi connectivity index (χ1v) is 18.9. The number of phosphoric ester groups is 1. The Morgan fingerprint density at radius 3 is 2.32 bits per heavy atom. The largest absolute Gasteiger partial charge is 0.497 e. The molecule has 0 aliphatic heterocycles. The van der Waals surface area contributed by atoms with Crippen LogP contribution in [0.2, 0.25) is 0 Å². The van der Waals surface area contributed by atoms with Gasteiger partial charge in [0, 0.05) is 17.8 Å². The first-order chi connectivity index (χ1) is 23.0. The third kappa shape index (κ3) is 11.0. The number of aliphatic hydroxyl groups excluding tert-OH is 1. The van der Waals surface area contributed by atoms with E-state index in [-0.39, 0.29) is 46.8 Å². The molecule has 3 rings (SSSR count). The van der Waals surface area contributed by atoms with Crippen LogP contribution < -0.4 is 16.0 Å². The molecule has 8 N–H and O–H groups in total. The third-order valence-corrected chi connectivity index (χ3v) is 10.5. The Balaban J connectivity index is 1.95. The predicted octanol–water partition coefficient (Wildman–Crippen LogP) is 3.16. The van der Waals surface area contributed by atoms with Crippen molar-refractivity contribution in [2.75, 3.05) is 26.1 Å². The van der Waals surface area contributed by atoms with Gasteiger partial charge in [0.2, 0.25) is 5.95 Å². The zero-order valence-electron chi connectivity index (χ0n) is 27.3. The number of nitrogen functional groups attached to an aromatic ring is 1. The summed E-state index contributed by atoms with van der Waals surface area (Å²) in [6, 6.07) is 4.23. The summed E-state index contributed by atoms with van der Waals surface area (Å²) >= 11 is 0. The van der Waals surface area contributed by atoms with Gasteiger partial charge >= 0.3 is 23.5 Å². The van der Waals surface area contributed by atoms with Crippen LogP contribution in [-0.2, 0) is 42.9 Å². The van der Waals surface area contributed by atoms with Crippen molar-refractivity contribution in [3.8, 4) is 5.75 Å². The molecule has 50 heavy (non-hydrogen) atoms. The third-order valence-electron chi connectivity index (χ3n) is 6.74. The van der Waals surface area contributed by atoms with Crippen molar-refractivity contribution in [1.82, 2.24) is 14.5 Å². The molecule has 3 unspecified atom stereocenters. The average molecular weight is 774 g/mol. The lowest BCUT2D eigenvalue weighted by molar-refractivity contribution is -0.386. The second-order valence-electron chi connectivity index (χ2n) is 11.6. The molecule has 0 aliphatic carbocycles. The van der Waals surface area contributed by atoms with Crippen molar-refractivity contribution in [2.24, 2.45) is 5.41 Å². The van der Waals surface area contributed by atoms with Gasteiger partial charge in [-0.3, -0.25) is 24.4 Å².